The average molecular weight is 473 g/mol. The largest absolute Gasteiger partial charge is 0.463 e. The summed E-state index contributed by atoms with van der Waals surface area (Å²) in [5.41, 5.74) is 9.26. The second-order valence-electron chi connectivity index (χ2n) is 8.57. The number of hydrogen-bond acceptors (Lipinski definition) is 10. The number of rotatable bonds is 7. The third-order valence-electron chi connectivity index (χ3n) is 5.42. The molecule has 1 saturated heterocycles. The molecule has 0 aliphatic carbocycles. The van der Waals surface area contributed by atoms with Crippen LogP contribution in [0.25, 0.3) is 11.0 Å². The normalized spacial score (nSPS) is 24.4. The summed E-state index contributed by atoms with van der Waals surface area (Å²) in [5, 5.41) is 11.7. The van der Waals surface area contributed by atoms with E-state index >= 15 is 0 Å². The van der Waals surface area contributed by atoms with Crippen molar-refractivity contribution in [2.75, 3.05) is 12.3 Å². The first kappa shape index (κ1) is 24.9. The Morgan fingerprint density at radius 2 is 1.91 bits per heavy atom. The van der Waals surface area contributed by atoms with Gasteiger partial charge in [0.25, 0.3) is 5.91 Å². The molecule has 0 spiro atoms. The van der Waals surface area contributed by atoms with Gasteiger partial charge in [0.2, 0.25) is 5.60 Å². The number of nitrogens with zero attached hydrogens (tertiary/aromatic N) is 3. The third-order valence-corrected chi connectivity index (χ3v) is 5.42. The van der Waals surface area contributed by atoms with Crippen LogP contribution in [0.1, 0.15) is 44.3 Å². The van der Waals surface area contributed by atoms with E-state index in [9.17, 15) is 19.5 Å². The summed E-state index contributed by atoms with van der Waals surface area (Å²) in [6, 6.07) is 0. The molecule has 0 saturated carbocycles. The highest BCUT2D eigenvalue weighted by atomic mass is 16.6. The number of nitrogen functional groups attached to an aromatic ring is 1. The maximum atomic E-state index is 12.4. The van der Waals surface area contributed by atoms with Crippen molar-refractivity contribution >= 4 is 34.7 Å². The maximum absolute atomic E-state index is 12.4. The summed E-state index contributed by atoms with van der Waals surface area (Å²) in [5.74, 6) is -0.735. The highest BCUT2D eigenvalue weighted by molar-refractivity contribution is 6.08. The van der Waals surface area contributed by atoms with Crippen molar-refractivity contribution in [3.8, 4) is 12.3 Å². The number of fused-ring (bicyclic) bond motifs is 1. The smallest absolute Gasteiger partial charge is 0.308 e. The minimum atomic E-state index is -2.24. The van der Waals surface area contributed by atoms with Gasteiger partial charge in [0.1, 0.15) is 30.5 Å². The van der Waals surface area contributed by atoms with E-state index in [-0.39, 0.29) is 29.0 Å². The van der Waals surface area contributed by atoms with Crippen LogP contribution in [0, 0.1) is 24.2 Å². The van der Waals surface area contributed by atoms with Gasteiger partial charge in [0.15, 0.2) is 12.3 Å². The molecule has 0 unspecified atom stereocenters. The zero-order valence-corrected chi connectivity index (χ0v) is 19.2. The highest BCUT2D eigenvalue weighted by Gasteiger charge is 2.59. The van der Waals surface area contributed by atoms with Crippen LogP contribution in [0.5, 0.6) is 0 Å². The first-order chi connectivity index (χ1) is 15.9. The maximum Gasteiger partial charge on any atom is 0.308 e. The van der Waals surface area contributed by atoms with Crippen LogP contribution in [-0.4, -0.2) is 61.9 Å². The van der Waals surface area contributed by atoms with E-state index in [4.69, 9.17) is 32.1 Å². The molecule has 34 heavy (non-hydrogen) atoms. The molecule has 5 N–H and O–H groups in total. The van der Waals surface area contributed by atoms with Gasteiger partial charge in [-0.05, 0) is 0 Å². The van der Waals surface area contributed by atoms with Gasteiger partial charge in [-0.2, -0.15) is 0 Å². The molecular weight excluding hydrogens is 446 g/mol. The molecule has 3 rings (SSSR count). The monoisotopic (exact) mass is 473 g/mol. The average Bonchev–Trinajstić information content (AvgIpc) is 3.29. The zero-order chi connectivity index (χ0) is 25.4. The van der Waals surface area contributed by atoms with Crippen molar-refractivity contribution in [1.29, 1.82) is 0 Å². The van der Waals surface area contributed by atoms with Gasteiger partial charge < -0.3 is 35.4 Å². The minimum Gasteiger partial charge on any atom is -0.463 e. The van der Waals surface area contributed by atoms with Gasteiger partial charge in [0, 0.05) is 6.20 Å². The third kappa shape index (κ3) is 4.27. The predicted octanol–water partition coefficient (Wildman–Crippen LogP) is 0.141. The van der Waals surface area contributed by atoms with Crippen molar-refractivity contribution in [3.63, 3.8) is 0 Å². The number of anilines is 1. The molecule has 0 aromatic carbocycles. The van der Waals surface area contributed by atoms with Gasteiger partial charge in [0.05, 0.1) is 22.8 Å². The van der Waals surface area contributed by atoms with Gasteiger partial charge >= 0.3 is 11.9 Å². The molecule has 2 aromatic heterocycles. The lowest BCUT2D eigenvalue weighted by molar-refractivity contribution is -0.166. The summed E-state index contributed by atoms with van der Waals surface area (Å²) < 4.78 is 18.0. The van der Waals surface area contributed by atoms with Crippen molar-refractivity contribution in [2.24, 2.45) is 17.6 Å². The predicted molar refractivity (Wildman–Crippen MR) is 119 cm³/mol. The number of aliphatic hydroxyl groups is 1. The fourth-order valence-electron chi connectivity index (χ4n) is 3.55. The number of primary amides is 1. The van der Waals surface area contributed by atoms with Crippen LogP contribution in [0.15, 0.2) is 12.5 Å². The zero-order valence-electron chi connectivity index (χ0n) is 19.2. The van der Waals surface area contributed by atoms with Crippen molar-refractivity contribution < 1.29 is 33.7 Å². The Morgan fingerprint density at radius 3 is 2.47 bits per heavy atom. The van der Waals surface area contributed by atoms with E-state index in [1.165, 1.54) is 10.8 Å². The molecule has 1 aliphatic rings. The fourth-order valence-corrected chi connectivity index (χ4v) is 3.55. The molecule has 182 valence electrons. The number of terminal acetylenes is 1. The van der Waals surface area contributed by atoms with E-state index in [1.807, 2.05) is 0 Å². The van der Waals surface area contributed by atoms with Crippen LogP contribution in [0.4, 0.5) is 5.82 Å². The topological polar surface area (TPSA) is 182 Å². The van der Waals surface area contributed by atoms with Crippen LogP contribution >= 0.6 is 0 Å². The molecule has 1 fully saturated rings. The van der Waals surface area contributed by atoms with Crippen LogP contribution in [-0.2, 0) is 23.8 Å². The Kier molecular flexibility index (Phi) is 6.81. The summed E-state index contributed by atoms with van der Waals surface area (Å²) in [7, 11) is 0. The lowest BCUT2D eigenvalue weighted by Gasteiger charge is -2.29. The summed E-state index contributed by atoms with van der Waals surface area (Å²) in [6.45, 7) is 6.16. The molecular formula is C22H27N5O7. The summed E-state index contributed by atoms with van der Waals surface area (Å²) in [6.07, 6.45) is 4.18. The molecule has 0 radical (unpaired) electrons. The minimum absolute atomic E-state index is 0.0232. The molecule has 1 aliphatic heterocycles. The number of carbonyl (C=O) groups is 3. The van der Waals surface area contributed by atoms with Crippen LogP contribution in [0.3, 0.4) is 0 Å². The Bertz CT molecular complexity index is 1170. The fraction of sp³-hybridized carbons (Fsp3) is 0.500. The Balaban J connectivity index is 2.11. The Hall–Kier alpha value is -3.69. The standard InChI is InChI=1S/C22H27N5O7/c1-6-22(31)15(34-20(30)11(4)5)13(8-32-19(29)10(2)3)33-21(22)27-7-12(17(24)28)14-16(23)25-9-26-18(14)27/h1,7,9-11,13,15,21,31H,8H2,2-5H3,(H2,24,28)(H2,23,25,26)/t13-,15-,21-,22-/m1/s1. The number of aromatic nitrogens is 3. The van der Waals surface area contributed by atoms with Crippen LogP contribution in [0.2, 0.25) is 0 Å². The molecule has 3 heterocycles. The van der Waals surface area contributed by atoms with E-state index < -0.39 is 53.7 Å². The van der Waals surface area contributed by atoms with Crippen molar-refractivity contribution in [2.45, 2.75) is 51.7 Å². The quantitative estimate of drug-likeness (QED) is 0.369. The lowest BCUT2D eigenvalue weighted by atomic mass is 9.94. The lowest BCUT2D eigenvalue weighted by Crippen LogP contribution is -2.49. The SMILES string of the molecule is C#C[C@@]1(O)[C@H](OC(=O)C(C)C)[C@@H](COC(=O)C(C)C)O[C@H]1n1cc(C(N)=O)c2c(N)ncnc21. The second kappa shape index (κ2) is 9.28. The summed E-state index contributed by atoms with van der Waals surface area (Å²) >= 11 is 0. The number of nitrogens with two attached hydrogens (primary N) is 2. The van der Waals surface area contributed by atoms with E-state index in [0.29, 0.717) is 0 Å². The van der Waals surface area contributed by atoms with Gasteiger partial charge in [-0.25, -0.2) is 9.97 Å². The summed E-state index contributed by atoms with van der Waals surface area (Å²) in [4.78, 5) is 44.5. The molecule has 1 amide bonds. The first-order valence-corrected chi connectivity index (χ1v) is 10.6. The molecule has 4 atom stereocenters. The molecule has 12 nitrogen and oxygen atoms in total. The molecule has 2 aromatic rings. The Labute approximate surface area is 195 Å². The Morgan fingerprint density at radius 1 is 1.26 bits per heavy atom. The number of carbonyl (C=O) groups excluding carboxylic acids is 3. The van der Waals surface area contributed by atoms with Crippen molar-refractivity contribution in [1.82, 2.24) is 14.5 Å². The number of amides is 1. The van der Waals surface area contributed by atoms with E-state index in [2.05, 4.69) is 15.9 Å². The van der Waals surface area contributed by atoms with Gasteiger partial charge in [-0.1, -0.05) is 33.6 Å². The molecule has 12 heteroatoms. The van der Waals surface area contributed by atoms with Gasteiger partial charge in [-0.3, -0.25) is 14.4 Å². The highest BCUT2D eigenvalue weighted by Crippen LogP contribution is 2.42. The first-order valence-electron chi connectivity index (χ1n) is 10.6. The number of ether oxygens (including phenoxy) is 3. The second-order valence-corrected chi connectivity index (χ2v) is 8.57. The number of esters is 2. The van der Waals surface area contributed by atoms with Gasteiger partial charge in [-0.15, -0.1) is 6.42 Å². The molecule has 0 bridgehead atoms. The number of hydrogen-bond donors (Lipinski definition) is 3. The van der Waals surface area contributed by atoms with E-state index in [0.717, 1.165) is 6.33 Å². The van der Waals surface area contributed by atoms with E-state index in [1.54, 1.807) is 27.7 Å². The van der Waals surface area contributed by atoms with Crippen LogP contribution < -0.4 is 11.5 Å². The van der Waals surface area contributed by atoms with Crippen molar-refractivity contribution in [3.05, 3.63) is 18.1 Å².